The van der Waals surface area contributed by atoms with Crippen molar-refractivity contribution < 1.29 is 14.3 Å². The summed E-state index contributed by atoms with van der Waals surface area (Å²) in [7, 11) is 0. The number of hydrazone groups is 1. The lowest BCUT2D eigenvalue weighted by Gasteiger charge is -2.07. The second-order valence-corrected chi connectivity index (χ2v) is 5.42. The summed E-state index contributed by atoms with van der Waals surface area (Å²) in [6.07, 6.45) is 0. The molecule has 0 aliphatic heterocycles. The highest BCUT2D eigenvalue weighted by atomic mass is 16.5. The predicted molar refractivity (Wildman–Crippen MR) is 97.8 cm³/mol. The number of anilines is 1. The Labute approximate surface area is 151 Å². The smallest absolute Gasteiger partial charge is 0.277 e. The Hall–Kier alpha value is -3.66. The maximum atomic E-state index is 11.8. The van der Waals surface area contributed by atoms with Crippen LogP contribution in [-0.2, 0) is 9.59 Å². The molecule has 0 saturated heterocycles. The molecule has 0 aromatic heterocycles. The highest BCUT2D eigenvalue weighted by Crippen LogP contribution is 2.12. The van der Waals surface area contributed by atoms with Crippen molar-refractivity contribution in [3.63, 3.8) is 0 Å². The van der Waals surface area contributed by atoms with Crippen LogP contribution in [0.1, 0.15) is 25.0 Å². The first-order chi connectivity index (χ1) is 12.5. The highest BCUT2D eigenvalue weighted by molar-refractivity contribution is 6.00. The van der Waals surface area contributed by atoms with Gasteiger partial charge in [0.05, 0.1) is 17.3 Å². The van der Waals surface area contributed by atoms with E-state index >= 15 is 0 Å². The van der Waals surface area contributed by atoms with Gasteiger partial charge in [-0.05, 0) is 48.9 Å². The second kappa shape index (κ2) is 8.99. The van der Waals surface area contributed by atoms with Crippen molar-refractivity contribution in [1.82, 2.24) is 5.43 Å². The van der Waals surface area contributed by atoms with Crippen molar-refractivity contribution in [1.29, 1.82) is 5.26 Å². The Kier molecular flexibility index (Phi) is 6.46. The van der Waals surface area contributed by atoms with Gasteiger partial charge in [0.25, 0.3) is 5.91 Å². The Balaban J connectivity index is 1.90. The third-order valence-corrected chi connectivity index (χ3v) is 3.30. The number of hydrogen-bond acceptors (Lipinski definition) is 5. The molecule has 2 rings (SSSR count). The zero-order chi connectivity index (χ0) is 18.9. The van der Waals surface area contributed by atoms with E-state index in [2.05, 4.69) is 15.8 Å². The molecule has 7 heteroatoms. The minimum atomic E-state index is -0.410. The Morgan fingerprint density at radius 1 is 1.15 bits per heavy atom. The van der Waals surface area contributed by atoms with Gasteiger partial charge in [0, 0.05) is 12.6 Å². The van der Waals surface area contributed by atoms with E-state index in [0.29, 0.717) is 22.7 Å². The zero-order valence-electron chi connectivity index (χ0n) is 14.4. The molecule has 0 aliphatic carbocycles. The number of benzene rings is 2. The SMILES string of the molecule is CC(=O)Nc1cccc(/C(C)=N/NC(=O)COc2ccc(C#N)cc2)c1. The summed E-state index contributed by atoms with van der Waals surface area (Å²) in [5.74, 6) is -0.0837. The summed E-state index contributed by atoms with van der Waals surface area (Å²) in [6, 6.07) is 15.6. The lowest BCUT2D eigenvalue weighted by Crippen LogP contribution is -2.25. The summed E-state index contributed by atoms with van der Waals surface area (Å²) in [6.45, 7) is 2.98. The standard InChI is InChI=1S/C19H18N4O3/c1-13(16-4-3-5-17(10-16)21-14(2)24)22-23-19(25)12-26-18-8-6-15(11-20)7-9-18/h3-10H,12H2,1-2H3,(H,21,24)(H,23,25)/b22-13+. The maximum absolute atomic E-state index is 11.8. The van der Waals surface area contributed by atoms with E-state index in [-0.39, 0.29) is 12.5 Å². The minimum Gasteiger partial charge on any atom is -0.484 e. The third kappa shape index (κ3) is 5.76. The number of nitrogens with one attached hydrogen (secondary N) is 2. The number of amides is 2. The molecule has 26 heavy (non-hydrogen) atoms. The second-order valence-electron chi connectivity index (χ2n) is 5.42. The fourth-order valence-electron chi connectivity index (χ4n) is 2.04. The average molecular weight is 350 g/mol. The molecule has 0 radical (unpaired) electrons. The van der Waals surface area contributed by atoms with Crippen molar-refractivity contribution >= 4 is 23.2 Å². The maximum Gasteiger partial charge on any atom is 0.277 e. The van der Waals surface area contributed by atoms with E-state index in [4.69, 9.17) is 10.00 Å². The number of nitriles is 1. The number of rotatable bonds is 6. The highest BCUT2D eigenvalue weighted by Gasteiger charge is 2.04. The number of hydrogen-bond donors (Lipinski definition) is 2. The lowest BCUT2D eigenvalue weighted by atomic mass is 10.1. The quantitative estimate of drug-likeness (QED) is 0.617. The summed E-state index contributed by atoms with van der Waals surface area (Å²) < 4.78 is 5.33. The van der Waals surface area contributed by atoms with Crippen LogP contribution in [0.15, 0.2) is 53.6 Å². The van der Waals surface area contributed by atoms with Crippen LogP contribution in [0, 0.1) is 11.3 Å². The normalized spacial score (nSPS) is 10.6. The van der Waals surface area contributed by atoms with Crippen LogP contribution in [0.4, 0.5) is 5.69 Å². The lowest BCUT2D eigenvalue weighted by molar-refractivity contribution is -0.123. The Morgan fingerprint density at radius 2 is 1.88 bits per heavy atom. The molecule has 2 aromatic rings. The molecule has 0 atom stereocenters. The molecular weight excluding hydrogens is 332 g/mol. The van der Waals surface area contributed by atoms with Crippen molar-refractivity contribution in [2.24, 2.45) is 5.10 Å². The number of carbonyl (C=O) groups excluding carboxylic acids is 2. The van der Waals surface area contributed by atoms with E-state index in [1.807, 2.05) is 12.1 Å². The molecule has 0 saturated carbocycles. The van der Waals surface area contributed by atoms with Crippen LogP contribution in [0.25, 0.3) is 0 Å². The first-order valence-electron chi connectivity index (χ1n) is 7.82. The molecule has 0 fully saturated rings. The third-order valence-electron chi connectivity index (χ3n) is 3.30. The molecular formula is C19H18N4O3. The van der Waals surface area contributed by atoms with Gasteiger partial charge in [-0.2, -0.15) is 10.4 Å². The molecule has 0 heterocycles. The van der Waals surface area contributed by atoms with Gasteiger partial charge in [-0.25, -0.2) is 5.43 Å². The molecule has 2 aromatic carbocycles. The van der Waals surface area contributed by atoms with Gasteiger partial charge in [0.15, 0.2) is 6.61 Å². The van der Waals surface area contributed by atoms with Crippen LogP contribution < -0.4 is 15.5 Å². The monoisotopic (exact) mass is 350 g/mol. The summed E-state index contributed by atoms with van der Waals surface area (Å²) in [4.78, 5) is 22.9. The van der Waals surface area contributed by atoms with Crippen LogP contribution in [0.5, 0.6) is 5.75 Å². The van der Waals surface area contributed by atoms with Gasteiger partial charge in [0.2, 0.25) is 5.91 Å². The van der Waals surface area contributed by atoms with Gasteiger partial charge >= 0.3 is 0 Å². The Morgan fingerprint density at radius 3 is 2.54 bits per heavy atom. The van der Waals surface area contributed by atoms with Gasteiger partial charge in [0.1, 0.15) is 5.75 Å². The van der Waals surface area contributed by atoms with E-state index in [1.54, 1.807) is 49.4 Å². The minimum absolute atomic E-state index is 0.162. The van der Waals surface area contributed by atoms with E-state index in [0.717, 1.165) is 5.56 Å². The Bertz CT molecular complexity index is 867. The molecule has 7 nitrogen and oxygen atoms in total. The molecule has 0 aliphatic rings. The topological polar surface area (TPSA) is 104 Å². The molecule has 0 unspecified atom stereocenters. The van der Waals surface area contributed by atoms with Crippen molar-refractivity contribution in [2.45, 2.75) is 13.8 Å². The van der Waals surface area contributed by atoms with Crippen LogP contribution in [0.2, 0.25) is 0 Å². The molecule has 2 amide bonds. The fraction of sp³-hybridized carbons (Fsp3) is 0.158. The predicted octanol–water partition coefficient (Wildman–Crippen LogP) is 2.44. The van der Waals surface area contributed by atoms with Crippen molar-refractivity contribution in [3.8, 4) is 11.8 Å². The molecule has 132 valence electrons. The number of carbonyl (C=O) groups is 2. The molecule has 0 spiro atoms. The van der Waals surface area contributed by atoms with E-state index in [9.17, 15) is 9.59 Å². The van der Waals surface area contributed by atoms with Crippen LogP contribution in [0.3, 0.4) is 0 Å². The van der Waals surface area contributed by atoms with Crippen molar-refractivity contribution in [2.75, 3.05) is 11.9 Å². The zero-order valence-corrected chi connectivity index (χ0v) is 14.4. The fourth-order valence-corrected chi connectivity index (χ4v) is 2.04. The first kappa shape index (κ1) is 18.7. The molecule has 2 N–H and O–H groups in total. The van der Waals surface area contributed by atoms with Gasteiger partial charge < -0.3 is 10.1 Å². The van der Waals surface area contributed by atoms with Gasteiger partial charge in [-0.15, -0.1) is 0 Å². The molecule has 0 bridgehead atoms. The largest absolute Gasteiger partial charge is 0.484 e. The van der Waals surface area contributed by atoms with Gasteiger partial charge in [-0.3, -0.25) is 9.59 Å². The van der Waals surface area contributed by atoms with Crippen LogP contribution >= 0.6 is 0 Å². The summed E-state index contributed by atoms with van der Waals surface area (Å²) in [5, 5.41) is 15.5. The van der Waals surface area contributed by atoms with Crippen LogP contribution in [-0.4, -0.2) is 24.1 Å². The van der Waals surface area contributed by atoms with Crippen molar-refractivity contribution in [3.05, 3.63) is 59.7 Å². The number of nitrogens with zero attached hydrogens (tertiary/aromatic N) is 2. The van der Waals surface area contributed by atoms with E-state index < -0.39 is 5.91 Å². The van der Waals surface area contributed by atoms with Gasteiger partial charge in [-0.1, -0.05) is 12.1 Å². The summed E-state index contributed by atoms with van der Waals surface area (Å²) in [5.41, 5.74) is 4.94. The number of ether oxygens (including phenoxy) is 1. The summed E-state index contributed by atoms with van der Waals surface area (Å²) >= 11 is 0. The first-order valence-corrected chi connectivity index (χ1v) is 7.82. The average Bonchev–Trinajstić information content (AvgIpc) is 2.64. The van der Waals surface area contributed by atoms with E-state index in [1.165, 1.54) is 6.92 Å².